The van der Waals surface area contributed by atoms with Gasteiger partial charge < -0.3 is 10.6 Å². The minimum Gasteiger partial charge on any atom is -0.357 e. The van der Waals surface area contributed by atoms with Gasteiger partial charge in [0, 0.05) is 44.8 Å². The van der Waals surface area contributed by atoms with Gasteiger partial charge in [-0.2, -0.15) is 0 Å². The minimum absolute atomic E-state index is 0. The number of carbonyl (C=O) groups excluding carboxylic acids is 2. The molecule has 1 aliphatic rings. The Labute approximate surface area is 204 Å². The number of amides is 2. The first-order valence-electron chi connectivity index (χ1n) is 11.1. The number of hydrogen-bond acceptors (Lipinski definition) is 4. The van der Waals surface area contributed by atoms with Crippen LogP contribution in [0.3, 0.4) is 0 Å². The van der Waals surface area contributed by atoms with E-state index in [9.17, 15) is 9.59 Å². The maximum atomic E-state index is 12.4. The number of carbonyl (C=O) groups is 2. The fourth-order valence-corrected chi connectivity index (χ4v) is 3.77. The van der Waals surface area contributed by atoms with E-state index in [2.05, 4.69) is 48.2 Å². The largest absolute Gasteiger partial charge is 0.357 e. The number of nitrogens with zero attached hydrogens (tertiary/aromatic N) is 3. The zero-order valence-corrected chi connectivity index (χ0v) is 21.8. The van der Waals surface area contributed by atoms with Crippen molar-refractivity contribution >= 4 is 41.8 Å². The Morgan fingerprint density at radius 1 is 1.00 bits per heavy atom. The first kappa shape index (κ1) is 27.4. The number of unbranched alkanes of at least 4 members (excludes halogenated alkanes) is 1. The van der Waals surface area contributed by atoms with Gasteiger partial charge in [0.05, 0.1) is 11.1 Å². The van der Waals surface area contributed by atoms with Crippen molar-refractivity contribution in [3.8, 4) is 0 Å². The number of nitrogens with one attached hydrogen (secondary N) is 2. The van der Waals surface area contributed by atoms with Crippen molar-refractivity contribution < 1.29 is 9.59 Å². The molecule has 1 aromatic rings. The number of rotatable bonds is 11. The molecule has 0 spiro atoms. The maximum absolute atomic E-state index is 12.4. The SMILES string of the molecule is CCNC(=NCCCCN1C(=O)c2ccccc2C1=O)NCCN(C(C)C)C(C)C.I. The molecule has 2 amide bonds. The zero-order chi connectivity index (χ0) is 22.1. The van der Waals surface area contributed by atoms with Crippen molar-refractivity contribution in [3.63, 3.8) is 0 Å². The summed E-state index contributed by atoms with van der Waals surface area (Å²) in [4.78, 5) is 33.2. The summed E-state index contributed by atoms with van der Waals surface area (Å²) in [5.74, 6) is 0.439. The van der Waals surface area contributed by atoms with Crippen LogP contribution in [-0.2, 0) is 0 Å². The van der Waals surface area contributed by atoms with Gasteiger partial charge in [-0.3, -0.25) is 24.4 Å². The van der Waals surface area contributed by atoms with Gasteiger partial charge in [-0.1, -0.05) is 12.1 Å². The Morgan fingerprint density at radius 3 is 2.10 bits per heavy atom. The summed E-state index contributed by atoms with van der Waals surface area (Å²) in [6, 6.07) is 8.03. The van der Waals surface area contributed by atoms with E-state index >= 15 is 0 Å². The molecule has 0 unspecified atom stereocenters. The topological polar surface area (TPSA) is 77.0 Å². The Balaban J connectivity index is 0.00000480. The van der Waals surface area contributed by atoms with Crippen molar-refractivity contribution in [2.45, 2.75) is 59.5 Å². The summed E-state index contributed by atoms with van der Waals surface area (Å²) in [6.07, 6.45) is 1.55. The van der Waals surface area contributed by atoms with E-state index in [4.69, 9.17) is 0 Å². The highest BCUT2D eigenvalue weighted by Crippen LogP contribution is 2.22. The summed E-state index contributed by atoms with van der Waals surface area (Å²) in [6.45, 7) is 14.6. The first-order valence-corrected chi connectivity index (χ1v) is 11.1. The molecule has 1 aliphatic heterocycles. The molecule has 7 nitrogen and oxygen atoms in total. The third kappa shape index (κ3) is 7.75. The lowest BCUT2D eigenvalue weighted by Crippen LogP contribution is -2.45. The molecule has 0 aliphatic carbocycles. The van der Waals surface area contributed by atoms with Crippen LogP contribution < -0.4 is 10.6 Å². The van der Waals surface area contributed by atoms with E-state index in [1.165, 1.54) is 4.90 Å². The lowest BCUT2D eigenvalue weighted by Gasteiger charge is -2.30. The standard InChI is InChI=1S/C23H37N5O2.HI/c1-6-24-23(26-14-16-27(17(2)3)18(4)5)25-13-9-10-15-28-21(29)19-11-7-8-12-20(19)22(28)30;/h7-8,11-12,17-18H,6,9-10,13-16H2,1-5H3,(H2,24,25,26);1H. The van der Waals surface area contributed by atoms with Gasteiger partial charge in [0.25, 0.3) is 11.8 Å². The van der Waals surface area contributed by atoms with Crippen molar-refractivity contribution in [1.82, 2.24) is 20.4 Å². The highest BCUT2D eigenvalue weighted by atomic mass is 127. The monoisotopic (exact) mass is 543 g/mol. The number of fused-ring (bicyclic) bond motifs is 1. The molecule has 0 aromatic heterocycles. The normalized spacial score (nSPS) is 13.8. The Kier molecular flexibility index (Phi) is 12.1. The van der Waals surface area contributed by atoms with Crippen LogP contribution in [0.4, 0.5) is 0 Å². The van der Waals surface area contributed by atoms with E-state index in [-0.39, 0.29) is 35.8 Å². The number of imide groups is 1. The second-order valence-corrected chi connectivity index (χ2v) is 8.13. The number of aliphatic imine (C=N–C) groups is 1. The van der Waals surface area contributed by atoms with Crippen molar-refractivity contribution in [2.24, 2.45) is 4.99 Å². The number of guanidine groups is 1. The Bertz CT molecular complexity index is 708. The number of hydrogen-bond donors (Lipinski definition) is 2. The molecule has 174 valence electrons. The van der Waals surface area contributed by atoms with Crippen LogP contribution in [-0.4, -0.2) is 72.4 Å². The van der Waals surface area contributed by atoms with E-state index in [0.717, 1.165) is 38.4 Å². The van der Waals surface area contributed by atoms with Gasteiger partial charge in [0.1, 0.15) is 0 Å². The summed E-state index contributed by atoms with van der Waals surface area (Å²) in [5, 5.41) is 6.67. The first-order chi connectivity index (χ1) is 14.4. The van der Waals surface area contributed by atoms with Crippen molar-refractivity contribution in [2.75, 3.05) is 32.7 Å². The second-order valence-electron chi connectivity index (χ2n) is 8.13. The smallest absolute Gasteiger partial charge is 0.261 e. The molecule has 8 heteroatoms. The third-order valence-electron chi connectivity index (χ3n) is 5.27. The molecule has 2 N–H and O–H groups in total. The molecule has 0 bridgehead atoms. The summed E-state index contributed by atoms with van der Waals surface area (Å²) >= 11 is 0. The summed E-state index contributed by atoms with van der Waals surface area (Å²) in [5.41, 5.74) is 1.02. The van der Waals surface area contributed by atoms with Crippen LogP contribution in [0.2, 0.25) is 0 Å². The van der Waals surface area contributed by atoms with Crippen LogP contribution in [0, 0.1) is 0 Å². The maximum Gasteiger partial charge on any atom is 0.261 e. The van der Waals surface area contributed by atoms with Gasteiger partial charge in [-0.25, -0.2) is 0 Å². The fourth-order valence-electron chi connectivity index (χ4n) is 3.77. The van der Waals surface area contributed by atoms with Crippen LogP contribution in [0.15, 0.2) is 29.3 Å². The van der Waals surface area contributed by atoms with Gasteiger partial charge >= 0.3 is 0 Å². The Morgan fingerprint density at radius 2 is 1.58 bits per heavy atom. The highest BCUT2D eigenvalue weighted by Gasteiger charge is 2.34. The molecular weight excluding hydrogens is 505 g/mol. The van der Waals surface area contributed by atoms with Crippen LogP contribution in [0.1, 0.15) is 68.2 Å². The molecule has 1 heterocycles. The van der Waals surface area contributed by atoms with Gasteiger partial charge in [0.2, 0.25) is 0 Å². The molecule has 0 saturated carbocycles. The van der Waals surface area contributed by atoms with E-state index in [1.807, 2.05) is 6.92 Å². The zero-order valence-electron chi connectivity index (χ0n) is 19.5. The summed E-state index contributed by atoms with van der Waals surface area (Å²) in [7, 11) is 0. The van der Waals surface area contributed by atoms with E-state index < -0.39 is 0 Å². The molecular formula is C23H38IN5O2. The van der Waals surface area contributed by atoms with Crippen LogP contribution in [0.25, 0.3) is 0 Å². The average Bonchev–Trinajstić information content (AvgIpc) is 2.95. The fraction of sp³-hybridized carbons (Fsp3) is 0.609. The van der Waals surface area contributed by atoms with Gasteiger partial charge in [0.15, 0.2) is 5.96 Å². The number of halogens is 1. The van der Waals surface area contributed by atoms with Gasteiger partial charge in [-0.05, 0) is 59.6 Å². The van der Waals surface area contributed by atoms with Crippen LogP contribution in [0.5, 0.6) is 0 Å². The number of benzene rings is 1. The molecule has 0 radical (unpaired) electrons. The molecule has 0 fully saturated rings. The van der Waals surface area contributed by atoms with Crippen molar-refractivity contribution in [3.05, 3.63) is 35.4 Å². The molecule has 0 atom stereocenters. The third-order valence-corrected chi connectivity index (χ3v) is 5.27. The molecule has 0 saturated heterocycles. The minimum atomic E-state index is -0.186. The van der Waals surface area contributed by atoms with E-state index in [0.29, 0.717) is 36.3 Å². The predicted molar refractivity (Wildman–Crippen MR) is 137 cm³/mol. The quantitative estimate of drug-likeness (QED) is 0.147. The molecule has 31 heavy (non-hydrogen) atoms. The highest BCUT2D eigenvalue weighted by molar-refractivity contribution is 14.0. The lowest BCUT2D eigenvalue weighted by molar-refractivity contribution is 0.0652. The van der Waals surface area contributed by atoms with E-state index in [1.54, 1.807) is 24.3 Å². The molecule has 1 aromatic carbocycles. The van der Waals surface area contributed by atoms with Crippen molar-refractivity contribution in [1.29, 1.82) is 0 Å². The lowest BCUT2D eigenvalue weighted by atomic mass is 10.1. The summed E-state index contributed by atoms with van der Waals surface area (Å²) < 4.78 is 0. The average molecular weight is 543 g/mol. The second kappa shape index (κ2) is 13.7. The van der Waals surface area contributed by atoms with Crippen LogP contribution >= 0.6 is 24.0 Å². The molecule has 2 rings (SSSR count). The Hall–Kier alpha value is -1.68. The predicted octanol–water partition coefficient (Wildman–Crippen LogP) is 3.35. The van der Waals surface area contributed by atoms with Gasteiger partial charge in [-0.15, -0.1) is 24.0 Å².